The van der Waals surface area contributed by atoms with Gasteiger partial charge in [0.05, 0.1) is 6.33 Å². The first kappa shape index (κ1) is 12.1. The molecule has 1 unspecified atom stereocenters. The standard InChI is InChI=1S/C11H9Cl2N3O/c12-9-2-1-8(10(13)6-9)5-11(15-17)16-4-3-14-7-16/h1-4,6-7,11H,5H2. The van der Waals surface area contributed by atoms with Gasteiger partial charge in [0.25, 0.3) is 0 Å². The predicted octanol–water partition coefficient (Wildman–Crippen LogP) is 3.70. The Morgan fingerprint density at radius 1 is 1.41 bits per heavy atom. The summed E-state index contributed by atoms with van der Waals surface area (Å²) in [6.45, 7) is 0. The van der Waals surface area contributed by atoms with Gasteiger partial charge in [-0.2, -0.15) is 0 Å². The number of aromatic nitrogens is 2. The van der Waals surface area contributed by atoms with Crippen LogP contribution in [0.4, 0.5) is 0 Å². The van der Waals surface area contributed by atoms with Gasteiger partial charge in [0, 0.05) is 28.9 Å². The molecule has 0 saturated heterocycles. The van der Waals surface area contributed by atoms with Crippen molar-refractivity contribution in [3.8, 4) is 0 Å². The first-order valence-corrected chi connectivity index (χ1v) is 5.70. The van der Waals surface area contributed by atoms with Crippen molar-refractivity contribution in [2.24, 2.45) is 5.18 Å². The van der Waals surface area contributed by atoms with Crippen molar-refractivity contribution in [3.05, 3.63) is 57.4 Å². The molecular weight excluding hydrogens is 261 g/mol. The molecule has 2 aromatic rings. The summed E-state index contributed by atoms with van der Waals surface area (Å²) in [5, 5.41) is 4.17. The number of halogens is 2. The van der Waals surface area contributed by atoms with Gasteiger partial charge in [-0.3, -0.25) is 0 Å². The monoisotopic (exact) mass is 269 g/mol. The van der Waals surface area contributed by atoms with Gasteiger partial charge in [0.2, 0.25) is 0 Å². The molecule has 6 heteroatoms. The molecule has 1 aromatic heterocycles. The number of benzene rings is 1. The minimum Gasteiger partial charge on any atom is -0.311 e. The molecule has 4 nitrogen and oxygen atoms in total. The van der Waals surface area contributed by atoms with E-state index in [-0.39, 0.29) is 0 Å². The van der Waals surface area contributed by atoms with E-state index in [4.69, 9.17) is 23.2 Å². The van der Waals surface area contributed by atoms with E-state index in [1.807, 2.05) is 0 Å². The summed E-state index contributed by atoms with van der Waals surface area (Å²) in [7, 11) is 0. The largest absolute Gasteiger partial charge is 0.311 e. The lowest BCUT2D eigenvalue weighted by Crippen LogP contribution is -2.07. The molecular formula is C11H9Cl2N3O. The van der Waals surface area contributed by atoms with Crippen LogP contribution in [0.5, 0.6) is 0 Å². The van der Waals surface area contributed by atoms with Gasteiger partial charge in [-0.15, -0.1) is 4.91 Å². The highest BCUT2D eigenvalue weighted by Gasteiger charge is 2.13. The van der Waals surface area contributed by atoms with Gasteiger partial charge in [-0.1, -0.05) is 29.3 Å². The maximum Gasteiger partial charge on any atom is 0.172 e. The van der Waals surface area contributed by atoms with Crippen LogP contribution in [0.25, 0.3) is 0 Å². The third kappa shape index (κ3) is 2.84. The average molecular weight is 270 g/mol. The highest BCUT2D eigenvalue weighted by atomic mass is 35.5. The molecule has 0 bridgehead atoms. The lowest BCUT2D eigenvalue weighted by molar-refractivity contribution is 0.517. The fourth-order valence-electron chi connectivity index (χ4n) is 1.53. The van der Waals surface area contributed by atoms with Crippen LogP contribution in [-0.2, 0) is 6.42 Å². The first-order chi connectivity index (χ1) is 8.20. The maximum absolute atomic E-state index is 10.8. The zero-order chi connectivity index (χ0) is 12.3. The van der Waals surface area contributed by atoms with E-state index in [1.165, 1.54) is 0 Å². The Labute approximate surface area is 108 Å². The van der Waals surface area contributed by atoms with Crippen LogP contribution >= 0.6 is 23.2 Å². The summed E-state index contributed by atoms with van der Waals surface area (Å²) in [5.74, 6) is 0. The van der Waals surface area contributed by atoms with Crippen LogP contribution in [0.1, 0.15) is 11.7 Å². The number of hydrogen-bond acceptors (Lipinski definition) is 3. The zero-order valence-corrected chi connectivity index (χ0v) is 10.3. The molecule has 0 aliphatic rings. The zero-order valence-electron chi connectivity index (χ0n) is 8.75. The summed E-state index contributed by atoms with van der Waals surface area (Å²) >= 11 is 11.8. The van der Waals surface area contributed by atoms with Crippen LogP contribution in [0.2, 0.25) is 10.0 Å². The van der Waals surface area contributed by atoms with Crippen molar-refractivity contribution in [2.45, 2.75) is 12.6 Å². The number of imidazole rings is 1. The molecule has 1 atom stereocenters. The van der Waals surface area contributed by atoms with Crippen LogP contribution in [-0.4, -0.2) is 9.55 Å². The number of nitrogens with zero attached hydrogens (tertiary/aromatic N) is 3. The summed E-state index contributed by atoms with van der Waals surface area (Å²) in [5.41, 5.74) is 0.828. The molecule has 0 N–H and O–H groups in total. The summed E-state index contributed by atoms with van der Waals surface area (Å²) < 4.78 is 1.64. The Morgan fingerprint density at radius 3 is 2.82 bits per heavy atom. The van der Waals surface area contributed by atoms with Crippen LogP contribution in [0, 0.1) is 4.91 Å². The van der Waals surface area contributed by atoms with Crippen LogP contribution in [0.3, 0.4) is 0 Å². The van der Waals surface area contributed by atoms with Crippen molar-refractivity contribution in [3.63, 3.8) is 0 Å². The van der Waals surface area contributed by atoms with E-state index in [2.05, 4.69) is 10.2 Å². The summed E-state index contributed by atoms with van der Waals surface area (Å²) in [4.78, 5) is 14.7. The predicted molar refractivity (Wildman–Crippen MR) is 67.2 cm³/mol. The Hall–Kier alpha value is -1.39. The highest BCUT2D eigenvalue weighted by Crippen LogP contribution is 2.25. The number of nitroso groups, excluding NO2 is 1. The summed E-state index contributed by atoms with van der Waals surface area (Å²) in [6.07, 6.45) is 4.71. The highest BCUT2D eigenvalue weighted by molar-refractivity contribution is 6.35. The van der Waals surface area contributed by atoms with E-state index in [0.29, 0.717) is 16.5 Å². The van der Waals surface area contributed by atoms with E-state index in [0.717, 1.165) is 5.56 Å². The lowest BCUT2D eigenvalue weighted by atomic mass is 10.1. The Bertz CT molecular complexity index is 513. The molecule has 0 amide bonds. The molecule has 0 aliphatic heterocycles. The molecule has 0 spiro atoms. The van der Waals surface area contributed by atoms with Gasteiger partial charge in [0.15, 0.2) is 6.17 Å². The SMILES string of the molecule is O=NC(Cc1ccc(Cl)cc1Cl)n1ccnc1. The fraction of sp³-hybridized carbons (Fsp3) is 0.182. The Balaban J connectivity index is 2.22. The molecule has 0 fully saturated rings. The number of rotatable bonds is 4. The Kier molecular flexibility index (Phi) is 3.76. The van der Waals surface area contributed by atoms with Gasteiger partial charge >= 0.3 is 0 Å². The molecule has 2 rings (SSSR count). The third-order valence-corrected chi connectivity index (χ3v) is 3.00. The smallest absolute Gasteiger partial charge is 0.172 e. The topological polar surface area (TPSA) is 47.2 Å². The van der Waals surface area contributed by atoms with Crippen molar-refractivity contribution in [1.82, 2.24) is 9.55 Å². The second kappa shape index (κ2) is 5.29. The minimum absolute atomic E-state index is 0.413. The molecule has 17 heavy (non-hydrogen) atoms. The van der Waals surface area contributed by atoms with Gasteiger partial charge in [-0.05, 0) is 22.9 Å². The second-order valence-corrected chi connectivity index (χ2v) is 4.38. The van der Waals surface area contributed by atoms with Gasteiger partial charge in [0.1, 0.15) is 0 Å². The number of hydrogen-bond donors (Lipinski definition) is 0. The van der Waals surface area contributed by atoms with E-state index < -0.39 is 6.17 Å². The molecule has 1 aromatic carbocycles. The van der Waals surface area contributed by atoms with Gasteiger partial charge < -0.3 is 4.57 Å². The Morgan fingerprint density at radius 2 is 2.24 bits per heavy atom. The summed E-state index contributed by atoms with van der Waals surface area (Å²) in [6, 6.07) is 5.17. The first-order valence-electron chi connectivity index (χ1n) is 4.94. The molecule has 88 valence electrons. The van der Waals surface area contributed by atoms with Crippen molar-refractivity contribution < 1.29 is 0 Å². The normalized spacial score (nSPS) is 12.4. The molecule has 0 radical (unpaired) electrons. The quantitative estimate of drug-likeness (QED) is 0.795. The van der Waals surface area contributed by atoms with Crippen LogP contribution in [0.15, 0.2) is 42.1 Å². The van der Waals surface area contributed by atoms with Gasteiger partial charge in [-0.25, -0.2) is 4.98 Å². The average Bonchev–Trinajstić information content (AvgIpc) is 2.81. The van der Waals surface area contributed by atoms with E-state index >= 15 is 0 Å². The third-order valence-electron chi connectivity index (χ3n) is 2.41. The van der Waals surface area contributed by atoms with Crippen molar-refractivity contribution in [2.75, 3.05) is 0 Å². The molecule has 0 saturated carbocycles. The van der Waals surface area contributed by atoms with E-state index in [1.54, 1.807) is 41.5 Å². The van der Waals surface area contributed by atoms with E-state index in [9.17, 15) is 4.91 Å². The van der Waals surface area contributed by atoms with Crippen LogP contribution < -0.4 is 0 Å². The minimum atomic E-state index is -0.545. The fourth-order valence-corrected chi connectivity index (χ4v) is 2.01. The maximum atomic E-state index is 10.8. The lowest BCUT2D eigenvalue weighted by Gasteiger charge is -2.11. The second-order valence-electron chi connectivity index (χ2n) is 3.54. The molecule has 1 heterocycles. The van der Waals surface area contributed by atoms with Crippen molar-refractivity contribution >= 4 is 23.2 Å². The van der Waals surface area contributed by atoms with Crippen molar-refractivity contribution in [1.29, 1.82) is 0 Å². The molecule has 0 aliphatic carbocycles.